The lowest BCUT2D eigenvalue weighted by atomic mass is 10.0. The fourth-order valence-electron chi connectivity index (χ4n) is 4.96. The summed E-state index contributed by atoms with van der Waals surface area (Å²) in [5, 5.41) is 2.85. The topological polar surface area (TPSA) is 287 Å². The molecule has 4 unspecified atom stereocenters. The molecule has 1 fully saturated rings. The van der Waals surface area contributed by atoms with Crippen LogP contribution in [0.25, 0.3) is 0 Å². The van der Waals surface area contributed by atoms with Gasteiger partial charge in [0, 0.05) is 28.7 Å². The zero-order valence-corrected chi connectivity index (χ0v) is 38.4. The van der Waals surface area contributed by atoms with Crippen LogP contribution in [-0.2, 0) is 45.8 Å². The number of phosphoric acid groups is 3. The second-order valence-corrected chi connectivity index (χ2v) is 24.6. The van der Waals surface area contributed by atoms with Crippen molar-refractivity contribution >= 4 is 78.6 Å². The first kappa shape index (κ1) is 51.3. The molecule has 20 nitrogen and oxygen atoms in total. The van der Waals surface area contributed by atoms with Gasteiger partial charge in [-0.05, 0) is 46.0 Å². The number of carbonyl (C=O) groups is 1. The van der Waals surface area contributed by atoms with Gasteiger partial charge in [-0.2, -0.15) is 13.6 Å². The fourth-order valence-corrected chi connectivity index (χ4v) is 12.1. The number of carbonyl (C=O) groups excluding carboxylic acids is 1. The number of amides is 1. The van der Waals surface area contributed by atoms with Gasteiger partial charge in [0.05, 0.1) is 18.3 Å². The Morgan fingerprint density at radius 3 is 2.45 bits per heavy atom. The number of nitrogens with two attached hydrogens (primary N) is 1. The van der Waals surface area contributed by atoms with E-state index in [1.165, 1.54) is 49.4 Å². The van der Waals surface area contributed by atoms with Crippen molar-refractivity contribution in [3.05, 3.63) is 34.4 Å². The van der Waals surface area contributed by atoms with Gasteiger partial charge in [-0.15, -0.1) is 0 Å². The number of nitrogens with zero attached hydrogens (tertiary/aromatic N) is 2. The second kappa shape index (κ2) is 23.4. The molecule has 58 heavy (non-hydrogen) atoms. The molecule has 0 bridgehead atoms. The first-order valence-electron chi connectivity index (χ1n) is 17.6. The van der Waals surface area contributed by atoms with Gasteiger partial charge < -0.3 is 49.6 Å². The highest BCUT2D eigenvalue weighted by molar-refractivity contribution is 8.77. The van der Waals surface area contributed by atoms with E-state index in [1.54, 1.807) is 0 Å². The summed E-state index contributed by atoms with van der Waals surface area (Å²) in [7, 11) is -10.9. The van der Waals surface area contributed by atoms with Crippen LogP contribution in [0.4, 0.5) is 10.6 Å². The van der Waals surface area contributed by atoms with E-state index < -0.39 is 60.3 Å². The Hall–Kier alpha value is -1.06. The van der Waals surface area contributed by atoms with E-state index in [1.807, 2.05) is 34.6 Å². The lowest BCUT2D eigenvalue weighted by Crippen LogP contribution is -2.37. The third kappa shape index (κ3) is 20.7. The zero-order chi connectivity index (χ0) is 43.2. The van der Waals surface area contributed by atoms with Gasteiger partial charge in [0.25, 0.3) is 0 Å². The van der Waals surface area contributed by atoms with Gasteiger partial charge in [0.1, 0.15) is 42.7 Å². The normalized spacial score (nSPS) is 23.1. The number of hydrogen-bond donors (Lipinski definition) is 6. The standard InChI is InChI=1S/C31H51N4O16P3S4/c1-30(2,3)57-56-21-46-24-16-26(49-25(24)18-47-53(41,42)51-54(43,44)50-52(38,39)40)35-17-22(27(32)34-28(35)36)12-11-15-45-20-55-58-31(4,5)19-33-29(37)48-23-13-9-7-6-8-10-14-23/h6-7,17,23-26H,8-10,13-16,18-21H2,1-5H3,(H,33,37)(H,41,42)(H,43,44)(H2,32,34,36)(H2,38,39,40)/b7-6+/t23?,24?,25-,26-/m1/s1. The summed E-state index contributed by atoms with van der Waals surface area (Å²) in [6.07, 6.45) is 6.53. The lowest BCUT2D eigenvalue weighted by Gasteiger charge is -2.24. The molecule has 1 aromatic heterocycles. The molecule has 0 saturated carbocycles. The average Bonchev–Trinajstić information content (AvgIpc) is 3.47. The molecule has 0 radical (unpaired) electrons. The predicted octanol–water partition coefficient (Wildman–Crippen LogP) is 6.08. The van der Waals surface area contributed by atoms with Gasteiger partial charge in [-0.1, -0.05) is 87.9 Å². The van der Waals surface area contributed by atoms with Crippen LogP contribution >= 0.6 is 66.6 Å². The number of nitrogen functional groups attached to an aromatic ring is 1. The van der Waals surface area contributed by atoms with Crippen LogP contribution in [0, 0.1) is 11.8 Å². The van der Waals surface area contributed by atoms with E-state index in [0.29, 0.717) is 6.54 Å². The number of hydrogen-bond acceptors (Lipinski definition) is 18. The summed E-state index contributed by atoms with van der Waals surface area (Å²) in [6.45, 7) is 9.57. The smallest absolute Gasteiger partial charge is 0.446 e. The maximum absolute atomic E-state index is 12.9. The van der Waals surface area contributed by atoms with Crippen LogP contribution in [0.2, 0.25) is 0 Å². The van der Waals surface area contributed by atoms with Crippen molar-refractivity contribution < 1.29 is 70.2 Å². The Bertz CT molecular complexity index is 1820. The number of anilines is 1. The third-order valence-corrected chi connectivity index (χ3v) is 17.2. The Morgan fingerprint density at radius 1 is 1.03 bits per heavy atom. The highest BCUT2D eigenvalue weighted by Crippen LogP contribution is 2.66. The van der Waals surface area contributed by atoms with E-state index in [4.69, 9.17) is 39.0 Å². The van der Waals surface area contributed by atoms with Crippen LogP contribution in [0.5, 0.6) is 0 Å². The summed E-state index contributed by atoms with van der Waals surface area (Å²) < 4.78 is 71.3. The van der Waals surface area contributed by atoms with E-state index in [0.717, 1.165) is 36.7 Å². The zero-order valence-electron chi connectivity index (χ0n) is 32.5. The average molecular weight is 957 g/mol. The predicted molar refractivity (Wildman–Crippen MR) is 223 cm³/mol. The van der Waals surface area contributed by atoms with Crippen LogP contribution in [0.3, 0.4) is 0 Å². The Kier molecular flexibility index (Phi) is 20.7. The molecule has 1 aliphatic carbocycles. The Labute approximate surface area is 352 Å². The van der Waals surface area contributed by atoms with Gasteiger partial charge >= 0.3 is 35.3 Å². The SMILES string of the molecule is CC(C)(C)SSCOC1C[C@H](n2cc(C#CCOCSSC(C)(C)CNC(=O)OC3CC/C=C/CCC3)c(N)nc2=O)O[C@@H]1COP(=O)(O)OP(=O)(O)OP(=O)(O)O. The van der Waals surface area contributed by atoms with Crippen LogP contribution in [-0.4, -0.2) is 94.7 Å². The van der Waals surface area contributed by atoms with Crippen molar-refractivity contribution in [3.8, 4) is 11.8 Å². The second-order valence-electron chi connectivity index (χ2n) is 14.2. The number of ether oxygens (including phenoxy) is 4. The number of allylic oxidation sites excluding steroid dienone is 2. The fraction of sp³-hybridized carbons (Fsp3) is 0.710. The molecule has 1 aliphatic heterocycles. The first-order valence-corrected chi connectivity index (χ1v) is 26.8. The number of rotatable bonds is 20. The molecular formula is C31H51N4O16P3S4. The van der Waals surface area contributed by atoms with Gasteiger partial charge in [-0.3, -0.25) is 9.09 Å². The van der Waals surface area contributed by atoms with Crippen molar-refractivity contribution in [2.75, 3.05) is 37.4 Å². The third-order valence-electron chi connectivity index (χ3n) is 7.39. The minimum Gasteiger partial charge on any atom is -0.446 e. The number of aromatic nitrogens is 2. The minimum atomic E-state index is -5.75. The molecule has 1 amide bonds. The molecule has 7 N–H and O–H groups in total. The van der Waals surface area contributed by atoms with Crippen molar-refractivity contribution in [1.29, 1.82) is 0 Å². The maximum Gasteiger partial charge on any atom is 0.490 e. The van der Waals surface area contributed by atoms with Crippen molar-refractivity contribution in [2.24, 2.45) is 0 Å². The molecule has 1 aromatic rings. The molecule has 2 aliphatic rings. The van der Waals surface area contributed by atoms with E-state index >= 15 is 0 Å². The quantitative estimate of drug-likeness (QED) is 0.0216. The number of nitrogens with one attached hydrogen (secondary N) is 1. The van der Waals surface area contributed by atoms with E-state index in [9.17, 15) is 33.1 Å². The minimum absolute atomic E-state index is 0.00688. The molecule has 330 valence electrons. The van der Waals surface area contributed by atoms with Crippen LogP contribution in [0.1, 0.15) is 84.9 Å². The van der Waals surface area contributed by atoms with Gasteiger partial charge in [0.2, 0.25) is 0 Å². The van der Waals surface area contributed by atoms with E-state index in [2.05, 4.69) is 42.9 Å². The Balaban J connectivity index is 1.56. The van der Waals surface area contributed by atoms with E-state index in [-0.39, 0.29) is 51.9 Å². The highest BCUT2D eigenvalue weighted by Gasteiger charge is 2.44. The summed E-state index contributed by atoms with van der Waals surface area (Å²) in [5.74, 6) is 5.90. The molecule has 0 aromatic carbocycles. The van der Waals surface area contributed by atoms with Crippen LogP contribution < -0.4 is 16.7 Å². The number of phosphoric ester groups is 1. The van der Waals surface area contributed by atoms with Crippen LogP contribution in [0.15, 0.2) is 23.1 Å². The molecule has 2 heterocycles. The lowest BCUT2D eigenvalue weighted by molar-refractivity contribution is -0.0543. The molecule has 1 saturated heterocycles. The molecular weight excluding hydrogens is 906 g/mol. The molecule has 27 heteroatoms. The van der Waals surface area contributed by atoms with Crippen molar-refractivity contribution in [2.45, 2.75) is 107 Å². The first-order chi connectivity index (χ1) is 26.9. The highest BCUT2D eigenvalue weighted by atomic mass is 33.1. The molecule has 3 rings (SSSR count). The summed E-state index contributed by atoms with van der Waals surface area (Å²) in [4.78, 5) is 66.2. The van der Waals surface area contributed by atoms with Gasteiger partial charge in [0.15, 0.2) is 0 Å². The monoisotopic (exact) mass is 956 g/mol. The molecule has 0 spiro atoms. The largest absolute Gasteiger partial charge is 0.490 e. The van der Waals surface area contributed by atoms with Crippen molar-refractivity contribution in [3.63, 3.8) is 0 Å². The summed E-state index contributed by atoms with van der Waals surface area (Å²) >= 11 is 0. The number of alkyl carbamates (subject to hydrolysis) is 1. The Morgan fingerprint density at radius 2 is 1.74 bits per heavy atom. The molecule has 6 atom stereocenters. The summed E-state index contributed by atoms with van der Waals surface area (Å²) in [5.41, 5.74) is 5.36. The summed E-state index contributed by atoms with van der Waals surface area (Å²) in [6, 6.07) is 0. The maximum atomic E-state index is 12.9. The van der Waals surface area contributed by atoms with Gasteiger partial charge in [-0.25, -0.2) is 23.3 Å². The van der Waals surface area contributed by atoms with Crippen molar-refractivity contribution in [1.82, 2.24) is 14.9 Å².